The van der Waals surface area contributed by atoms with Gasteiger partial charge in [-0.3, -0.25) is 4.79 Å². The quantitative estimate of drug-likeness (QED) is 0.548. The monoisotopic (exact) mass is 416 g/mol. The number of hydrogen-bond acceptors (Lipinski definition) is 6. The number of alkyl halides is 2. The predicted molar refractivity (Wildman–Crippen MR) is 105 cm³/mol. The zero-order valence-electron chi connectivity index (χ0n) is 16.9. The number of halogens is 2. The van der Waals surface area contributed by atoms with Gasteiger partial charge in [0.2, 0.25) is 5.89 Å². The van der Waals surface area contributed by atoms with Gasteiger partial charge in [0.1, 0.15) is 12.9 Å². The number of ether oxygens (including phenoxy) is 1. The predicted octanol–water partition coefficient (Wildman–Crippen LogP) is 4.17. The highest BCUT2D eigenvalue weighted by Crippen LogP contribution is 2.26. The van der Waals surface area contributed by atoms with E-state index in [1.54, 1.807) is 29.2 Å². The van der Waals surface area contributed by atoms with Crippen LogP contribution in [-0.2, 0) is 5.92 Å². The lowest BCUT2D eigenvalue weighted by Crippen LogP contribution is -2.42. The Kier molecular flexibility index (Phi) is 6.39. The fraction of sp³-hybridized carbons (Fsp3) is 0.333. The Morgan fingerprint density at radius 2 is 1.93 bits per heavy atom. The van der Waals surface area contributed by atoms with Crippen molar-refractivity contribution in [1.29, 1.82) is 0 Å². The lowest BCUT2D eigenvalue weighted by molar-refractivity contribution is 0.0165. The van der Waals surface area contributed by atoms with Crippen molar-refractivity contribution < 1.29 is 22.7 Å². The first kappa shape index (κ1) is 21.4. The van der Waals surface area contributed by atoms with Crippen LogP contribution in [0, 0.1) is 0 Å². The minimum atomic E-state index is -3.02. The fourth-order valence-electron chi connectivity index (χ4n) is 2.93. The van der Waals surface area contributed by atoms with E-state index in [1.165, 1.54) is 12.5 Å². The first-order valence-electron chi connectivity index (χ1n) is 9.44. The Labute approximate surface area is 172 Å². The molecule has 1 aromatic carbocycles. The van der Waals surface area contributed by atoms with Gasteiger partial charge in [-0.15, -0.1) is 0 Å². The van der Waals surface area contributed by atoms with Crippen molar-refractivity contribution in [2.75, 3.05) is 13.2 Å². The molecule has 2 aromatic heterocycles. The molecule has 0 saturated carbocycles. The molecule has 0 fully saturated rings. The normalized spacial score (nSPS) is 12.4. The van der Waals surface area contributed by atoms with E-state index in [-0.39, 0.29) is 30.1 Å². The van der Waals surface area contributed by atoms with Crippen LogP contribution in [0.1, 0.15) is 36.7 Å². The molecular formula is C21H22F2N4O3. The summed E-state index contributed by atoms with van der Waals surface area (Å²) in [6.07, 6.45) is 5.03. The van der Waals surface area contributed by atoms with Crippen LogP contribution in [0.15, 0.2) is 53.5 Å². The Bertz CT molecular complexity index is 973. The van der Waals surface area contributed by atoms with Gasteiger partial charge in [0.25, 0.3) is 11.8 Å². The number of rotatable bonds is 8. The molecule has 0 radical (unpaired) electrons. The summed E-state index contributed by atoms with van der Waals surface area (Å²) in [6, 6.07) is 6.71. The molecule has 0 aliphatic heterocycles. The molecule has 158 valence electrons. The van der Waals surface area contributed by atoms with Crippen LogP contribution in [-0.4, -0.2) is 45.0 Å². The van der Waals surface area contributed by atoms with E-state index in [0.717, 1.165) is 19.3 Å². The van der Waals surface area contributed by atoms with Crippen molar-refractivity contribution >= 4 is 5.91 Å². The summed E-state index contributed by atoms with van der Waals surface area (Å²) in [4.78, 5) is 26.6. The third kappa shape index (κ3) is 4.79. The highest BCUT2D eigenvalue weighted by molar-refractivity contribution is 6.00. The van der Waals surface area contributed by atoms with Crippen molar-refractivity contribution in [2.45, 2.75) is 32.7 Å². The minimum Gasteiger partial charge on any atom is -0.461 e. The number of benzene rings is 1. The molecule has 0 aliphatic rings. The van der Waals surface area contributed by atoms with E-state index in [4.69, 9.17) is 9.15 Å². The Morgan fingerprint density at radius 1 is 1.23 bits per heavy atom. The van der Waals surface area contributed by atoms with Gasteiger partial charge in [0, 0.05) is 31.4 Å². The van der Waals surface area contributed by atoms with Crippen molar-refractivity contribution in [3.63, 3.8) is 0 Å². The Hall–Kier alpha value is -3.36. The van der Waals surface area contributed by atoms with Crippen LogP contribution in [0.2, 0.25) is 0 Å². The van der Waals surface area contributed by atoms with E-state index < -0.39 is 5.92 Å². The highest BCUT2D eigenvalue weighted by atomic mass is 19.3. The molecule has 9 heteroatoms. The Balaban J connectivity index is 1.71. The van der Waals surface area contributed by atoms with Crippen molar-refractivity contribution in [2.24, 2.45) is 0 Å². The molecule has 30 heavy (non-hydrogen) atoms. The van der Waals surface area contributed by atoms with Crippen LogP contribution in [0.25, 0.3) is 11.5 Å². The molecule has 1 atom stereocenters. The molecule has 0 spiro atoms. The molecule has 7 nitrogen and oxygen atoms in total. The van der Waals surface area contributed by atoms with Crippen molar-refractivity contribution in [3.05, 3.63) is 60.2 Å². The second-order valence-corrected chi connectivity index (χ2v) is 6.78. The zero-order chi connectivity index (χ0) is 21.7. The number of likely N-dealkylation sites (N-methyl/N-ethyl adjacent to an activating group) is 1. The van der Waals surface area contributed by atoms with Crippen LogP contribution < -0.4 is 4.74 Å². The van der Waals surface area contributed by atoms with Crippen LogP contribution in [0.3, 0.4) is 0 Å². The largest absolute Gasteiger partial charge is 0.461 e. The van der Waals surface area contributed by atoms with Gasteiger partial charge < -0.3 is 14.1 Å². The molecule has 0 N–H and O–H groups in total. The molecule has 3 rings (SSSR count). The molecule has 0 aliphatic carbocycles. The molecule has 0 unspecified atom stereocenters. The molecule has 2 heterocycles. The van der Waals surface area contributed by atoms with Crippen LogP contribution in [0.4, 0.5) is 8.78 Å². The van der Waals surface area contributed by atoms with Gasteiger partial charge in [0.05, 0.1) is 23.4 Å². The number of oxazole rings is 1. The van der Waals surface area contributed by atoms with E-state index in [9.17, 15) is 13.6 Å². The van der Waals surface area contributed by atoms with E-state index in [1.807, 2.05) is 13.8 Å². The summed E-state index contributed by atoms with van der Waals surface area (Å²) < 4.78 is 37.4. The summed E-state index contributed by atoms with van der Waals surface area (Å²) in [5.74, 6) is -2.86. The smallest absolute Gasteiger partial charge is 0.316 e. The maximum absolute atomic E-state index is 13.3. The summed E-state index contributed by atoms with van der Waals surface area (Å²) >= 11 is 0. The fourth-order valence-corrected chi connectivity index (χ4v) is 2.93. The lowest BCUT2D eigenvalue weighted by Gasteiger charge is -2.28. The van der Waals surface area contributed by atoms with Gasteiger partial charge in [-0.05, 0) is 26.0 Å². The topological polar surface area (TPSA) is 81.4 Å². The summed E-state index contributed by atoms with van der Waals surface area (Å²) in [6.45, 7) is 4.99. The SMILES string of the molecule is CCN(C(=O)c1ccccc1-c1ncco1)[C@@H](C)COc1ncc(C(C)(F)F)cn1. The van der Waals surface area contributed by atoms with Gasteiger partial charge in [0.15, 0.2) is 0 Å². The second-order valence-electron chi connectivity index (χ2n) is 6.78. The number of hydrogen-bond donors (Lipinski definition) is 0. The third-order valence-electron chi connectivity index (χ3n) is 4.54. The van der Waals surface area contributed by atoms with Gasteiger partial charge in [-0.1, -0.05) is 12.1 Å². The molecule has 1 amide bonds. The average molecular weight is 416 g/mol. The molecular weight excluding hydrogens is 394 g/mol. The number of carbonyl (C=O) groups excluding carboxylic acids is 1. The minimum absolute atomic E-state index is 0.0291. The summed E-state index contributed by atoms with van der Waals surface area (Å²) in [5.41, 5.74) is 0.759. The Morgan fingerprint density at radius 3 is 2.53 bits per heavy atom. The van der Waals surface area contributed by atoms with Crippen LogP contribution >= 0.6 is 0 Å². The first-order chi connectivity index (χ1) is 14.3. The van der Waals surface area contributed by atoms with E-state index in [2.05, 4.69) is 15.0 Å². The average Bonchev–Trinajstić information content (AvgIpc) is 3.27. The second kappa shape index (κ2) is 8.98. The first-order valence-corrected chi connectivity index (χ1v) is 9.44. The lowest BCUT2D eigenvalue weighted by atomic mass is 10.1. The number of aromatic nitrogens is 3. The van der Waals surface area contributed by atoms with Gasteiger partial charge in [-0.2, -0.15) is 0 Å². The van der Waals surface area contributed by atoms with Crippen LogP contribution in [0.5, 0.6) is 6.01 Å². The van der Waals surface area contributed by atoms with E-state index in [0.29, 0.717) is 23.6 Å². The highest BCUT2D eigenvalue weighted by Gasteiger charge is 2.26. The van der Waals surface area contributed by atoms with E-state index >= 15 is 0 Å². The summed E-state index contributed by atoms with van der Waals surface area (Å²) in [5, 5.41) is 0. The van der Waals surface area contributed by atoms with Crippen molar-refractivity contribution in [3.8, 4) is 17.5 Å². The maximum Gasteiger partial charge on any atom is 0.316 e. The molecule has 0 bridgehead atoms. The standard InChI is InChI=1S/C21H22F2N4O3/c1-4-27(14(2)13-30-20-25-11-15(12-26-20)21(3,22)23)19(28)17-8-6-5-7-16(17)18-24-9-10-29-18/h5-12,14H,4,13H2,1-3H3/t14-/m0/s1. The number of amides is 1. The third-order valence-corrected chi connectivity index (χ3v) is 4.54. The van der Waals surface area contributed by atoms with Crippen molar-refractivity contribution in [1.82, 2.24) is 19.9 Å². The summed E-state index contributed by atoms with van der Waals surface area (Å²) in [7, 11) is 0. The molecule has 3 aromatic rings. The molecule has 0 saturated heterocycles. The van der Waals surface area contributed by atoms with Gasteiger partial charge >= 0.3 is 6.01 Å². The maximum atomic E-state index is 13.3. The number of nitrogens with zero attached hydrogens (tertiary/aromatic N) is 4. The van der Waals surface area contributed by atoms with Gasteiger partial charge in [-0.25, -0.2) is 23.7 Å². The zero-order valence-corrected chi connectivity index (χ0v) is 16.9. The number of carbonyl (C=O) groups is 1.